The Hall–Kier alpha value is -2.61. The molecule has 0 spiro atoms. The number of hydrogen-bond donors (Lipinski definition) is 1. The van der Waals surface area contributed by atoms with E-state index in [2.05, 4.69) is 140 Å². The minimum absolute atomic E-state index is 0.0387. The monoisotopic (exact) mass is 1150 g/mol. The molecule has 0 unspecified atom stereocenters. The third kappa shape index (κ3) is 15.9. The van der Waals surface area contributed by atoms with E-state index in [0.717, 1.165) is 49.7 Å². The minimum atomic E-state index is -1.73. The van der Waals surface area contributed by atoms with Gasteiger partial charge in [-0.15, -0.1) is 0 Å². The van der Waals surface area contributed by atoms with Crippen LogP contribution in [0.25, 0.3) is 0 Å². The van der Waals surface area contributed by atoms with Crippen LogP contribution < -0.4 is 0 Å². The van der Waals surface area contributed by atoms with Crippen LogP contribution in [-0.4, -0.2) is 50.8 Å². The molecule has 9 saturated carbocycles. The third-order valence-electron chi connectivity index (χ3n) is 24.5. The Morgan fingerprint density at radius 1 is 0.561 bits per heavy atom. The number of fused-ring (bicyclic) bond motifs is 3. The number of hydrogen-bond acceptors (Lipinski definition) is 6. The molecule has 0 heterocycles. The second kappa shape index (κ2) is 28.5. The highest BCUT2D eigenvalue weighted by atomic mass is 28.4. The van der Waals surface area contributed by atoms with Gasteiger partial charge in [-0.25, -0.2) is 0 Å². The van der Waals surface area contributed by atoms with Crippen molar-refractivity contribution in [2.24, 2.45) is 93.2 Å². The van der Waals surface area contributed by atoms with Gasteiger partial charge in [0.05, 0.1) is 0 Å². The van der Waals surface area contributed by atoms with Crippen molar-refractivity contribution < 1.29 is 28.7 Å². The number of aldehydes is 2. The smallest absolute Gasteiger partial charge is 0.302 e. The normalized spacial score (nSPS) is 40.4. The van der Waals surface area contributed by atoms with Crippen molar-refractivity contribution in [1.29, 1.82) is 0 Å². The van der Waals surface area contributed by atoms with E-state index in [-0.39, 0.29) is 34.4 Å². The predicted octanol–water partition coefficient (Wildman–Crippen LogP) is 19.9. The zero-order valence-electron chi connectivity index (χ0n) is 55.4. The van der Waals surface area contributed by atoms with E-state index in [1.165, 1.54) is 147 Å². The molecule has 18 atom stereocenters. The van der Waals surface area contributed by atoms with Crippen molar-refractivity contribution in [2.75, 3.05) is 6.61 Å². The average molecular weight is 1150 g/mol. The Morgan fingerprint density at radius 3 is 1.29 bits per heavy atom. The van der Waals surface area contributed by atoms with Crippen LogP contribution in [0.3, 0.4) is 0 Å². The molecule has 9 aliphatic rings. The molecule has 0 aromatic heterocycles. The van der Waals surface area contributed by atoms with E-state index in [9.17, 15) is 19.5 Å². The summed E-state index contributed by atoms with van der Waals surface area (Å²) in [6.07, 6.45) is 47.0. The molecule has 0 aliphatic heterocycles. The van der Waals surface area contributed by atoms with Gasteiger partial charge in [-0.1, -0.05) is 160 Å². The van der Waals surface area contributed by atoms with Crippen molar-refractivity contribution in [3.05, 3.63) is 69.9 Å². The van der Waals surface area contributed by atoms with Crippen LogP contribution in [0.2, 0.25) is 18.1 Å². The van der Waals surface area contributed by atoms with E-state index in [1.54, 1.807) is 27.9 Å². The number of aliphatic hydroxyl groups excluding tert-OH is 1. The summed E-state index contributed by atoms with van der Waals surface area (Å²) in [7, 11) is -1.73. The lowest BCUT2D eigenvalue weighted by Crippen LogP contribution is -2.45. The number of carbonyl (C=O) groups is 3. The second-order valence-corrected chi connectivity index (χ2v) is 37.0. The van der Waals surface area contributed by atoms with Crippen molar-refractivity contribution in [1.82, 2.24) is 0 Å². The van der Waals surface area contributed by atoms with E-state index in [0.29, 0.717) is 70.9 Å². The standard InChI is InChI=1S/C28H48O2Si.C24H36O3.C23H38O/c1-20-16-22(18-24(17-20)30-31(7,8)27(3,4)5)11-12-23-10-9-15-28(6)25(21(2)19-29)13-14-26(23)28;1-16-12-19(14-21(13-16)27-18(3)26)7-8-20-6-5-11-24(4)22(17(2)15-25)9-10-23(20)24;1-16-12-17(2)14-19(13-16)7-8-20-6-5-11-23(4)21(18(3)15-24)9-10-22(20)23/h11-12,19-21,24-26H,9-10,13-18H2,1-8H3;7-8,15-17,21-23H,5-6,9-14H2,1-4H3;7-8,16-18,21-22,24H,5-6,9-15H2,1-4H3/b22-11-,23-12+;19-7-,20-8+;20-8+/t20-,21-,24+,25-,26+,28-;16-,17-,21+,22-,23+,24-;16-,17-,18+,21+,22-,23+/m110/s1. The quantitative estimate of drug-likeness (QED) is 0.119. The largest absolute Gasteiger partial charge is 0.462 e. The van der Waals surface area contributed by atoms with Crippen LogP contribution in [0.15, 0.2) is 69.9 Å². The fraction of sp³-hybridized carbons (Fsp3) is 0.800. The van der Waals surface area contributed by atoms with Crippen molar-refractivity contribution in [3.8, 4) is 0 Å². The number of carbonyl (C=O) groups excluding carboxylic acids is 3. The highest BCUT2D eigenvalue weighted by Gasteiger charge is 2.53. The fourth-order valence-electron chi connectivity index (χ4n) is 19.6. The van der Waals surface area contributed by atoms with Gasteiger partial charge in [0, 0.05) is 37.9 Å². The van der Waals surface area contributed by atoms with Gasteiger partial charge in [0.25, 0.3) is 0 Å². The van der Waals surface area contributed by atoms with Crippen LogP contribution in [0.1, 0.15) is 251 Å². The minimum Gasteiger partial charge on any atom is -0.462 e. The molecular formula is C75H122O6Si. The molecular weight excluding hydrogens is 1020 g/mol. The maximum absolute atomic E-state index is 11.5. The van der Waals surface area contributed by atoms with Gasteiger partial charge in [-0.05, 0) is 247 Å². The Kier molecular flexibility index (Phi) is 23.2. The zero-order chi connectivity index (χ0) is 60.0. The summed E-state index contributed by atoms with van der Waals surface area (Å²) in [5.41, 5.74) is 10.7. The number of aliphatic hydroxyl groups is 1. The first-order valence-electron chi connectivity index (χ1n) is 34.2. The first kappa shape index (κ1) is 66.9. The lowest BCUT2D eigenvalue weighted by atomic mass is 9.61. The van der Waals surface area contributed by atoms with E-state index < -0.39 is 8.32 Å². The Labute approximate surface area is 504 Å². The Morgan fingerprint density at radius 2 is 0.915 bits per heavy atom. The summed E-state index contributed by atoms with van der Waals surface area (Å²) in [6.45, 7) is 37.0. The molecule has 0 aromatic rings. The summed E-state index contributed by atoms with van der Waals surface area (Å²) >= 11 is 0. The first-order chi connectivity index (χ1) is 38.6. The van der Waals surface area contributed by atoms with Crippen molar-refractivity contribution in [2.45, 2.75) is 281 Å². The number of allylic oxidation sites excluding steroid dienone is 10. The second-order valence-electron chi connectivity index (χ2n) is 32.2. The average Bonchev–Trinajstić information content (AvgIpc) is 4.31. The van der Waals surface area contributed by atoms with Gasteiger partial charge in [-0.2, -0.15) is 0 Å². The summed E-state index contributed by atoms with van der Waals surface area (Å²) in [4.78, 5) is 34.2. The summed E-state index contributed by atoms with van der Waals surface area (Å²) < 4.78 is 12.3. The summed E-state index contributed by atoms with van der Waals surface area (Å²) in [6, 6.07) is 0. The van der Waals surface area contributed by atoms with Crippen molar-refractivity contribution in [3.63, 3.8) is 0 Å². The van der Waals surface area contributed by atoms with Gasteiger partial charge in [-0.3, -0.25) is 4.79 Å². The molecule has 0 radical (unpaired) electrons. The number of rotatable bonds is 12. The SMILES string of the molecule is CC(=O)O[C@@H]1C/C(=C\C=C2/CCC[C@]3(C)[C@@H]([C@H](C)C=O)CC[C@@H]23)C[C@@H](C)C1.C[C@@H]1C/C(=C/C=C2\CCC[C@]3(C)[C@@H]([C@H](C)C=O)CC[C@@H]23)C[C@@H](O[Si](C)(C)C(C)(C)C)C1.C[C@@H]1CC(=C/C=C2\CCC[C@]3(C)[C@@H]([C@H](C)CO)CC[C@@H]23)C[C@@H](C)C1. The van der Waals surface area contributed by atoms with E-state index in [4.69, 9.17) is 9.16 Å². The maximum Gasteiger partial charge on any atom is 0.302 e. The maximum atomic E-state index is 11.5. The lowest BCUT2D eigenvalue weighted by molar-refractivity contribution is -0.147. The van der Waals surface area contributed by atoms with Gasteiger partial charge in [0.1, 0.15) is 18.7 Å². The highest BCUT2D eigenvalue weighted by Crippen LogP contribution is 2.62. The Balaban J connectivity index is 0.000000178. The molecule has 462 valence electrons. The van der Waals surface area contributed by atoms with Crippen LogP contribution in [-0.2, 0) is 23.5 Å². The highest BCUT2D eigenvalue weighted by molar-refractivity contribution is 6.74. The summed E-state index contributed by atoms with van der Waals surface area (Å²) in [5.74, 6) is 7.49. The molecule has 9 aliphatic carbocycles. The van der Waals surface area contributed by atoms with Gasteiger partial charge >= 0.3 is 5.97 Å². The molecule has 0 bridgehead atoms. The molecule has 82 heavy (non-hydrogen) atoms. The van der Waals surface area contributed by atoms with Crippen LogP contribution >= 0.6 is 0 Å². The molecule has 7 heteroatoms. The molecule has 0 amide bonds. The molecule has 0 aromatic carbocycles. The third-order valence-corrected chi connectivity index (χ3v) is 29.1. The van der Waals surface area contributed by atoms with Crippen LogP contribution in [0.4, 0.5) is 0 Å². The number of esters is 1. The molecule has 9 rings (SSSR count). The molecule has 9 fully saturated rings. The van der Waals surface area contributed by atoms with Crippen molar-refractivity contribution >= 4 is 26.9 Å². The number of ether oxygens (including phenoxy) is 1. The molecule has 6 nitrogen and oxygen atoms in total. The Bertz CT molecular complexity index is 2350. The lowest BCUT2D eigenvalue weighted by Gasteiger charge is -2.44. The van der Waals surface area contributed by atoms with Gasteiger partial charge in [0.15, 0.2) is 8.32 Å². The summed E-state index contributed by atoms with van der Waals surface area (Å²) in [5, 5.41) is 9.93. The van der Waals surface area contributed by atoms with Gasteiger partial charge < -0.3 is 23.9 Å². The topological polar surface area (TPSA) is 89.9 Å². The first-order valence-corrected chi connectivity index (χ1v) is 37.1. The van der Waals surface area contributed by atoms with Crippen LogP contribution in [0.5, 0.6) is 0 Å². The molecule has 0 saturated heterocycles. The van der Waals surface area contributed by atoms with Crippen LogP contribution in [0, 0.1) is 93.2 Å². The fourth-order valence-corrected chi connectivity index (χ4v) is 21.0. The predicted molar refractivity (Wildman–Crippen MR) is 346 cm³/mol. The van der Waals surface area contributed by atoms with E-state index >= 15 is 0 Å². The van der Waals surface area contributed by atoms with Gasteiger partial charge in [0.2, 0.25) is 0 Å². The zero-order valence-corrected chi connectivity index (χ0v) is 56.4. The van der Waals surface area contributed by atoms with E-state index in [1.807, 2.05) is 0 Å². The molecule has 1 N–H and O–H groups in total.